The van der Waals surface area contributed by atoms with Gasteiger partial charge in [-0.1, -0.05) is 24.3 Å². The van der Waals surface area contributed by atoms with Crippen molar-refractivity contribution in [2.45, 2.75) is 26.6 Å². The predicted octanol–water partition coefficient (Wildman–Crippen LogP) is 2.05. The summed E-state index contributed by atoms with van der Waals surface area (Å²) in [6.07, 6.45) is 0. The van der Waals surface area contributed by atoms with Crippen LogP contribution in [0.4, 0.5) is 5.69 Å². The molecule has 0 aliphatic heterocycles. The van der Waals surface area contributed by atoms with Crippen molar-refractivity contribution in [1.29, 1.82) is 0 Å². The van der Waals surface area contributed by atoms with E-state index < -0.39 is 4.92 Å². The van der Waals surface area contributed by atoms with Crippen LogP contribution in [-0.4, -0.2) is 20.0 Å². The lowest BCUT2D eigenvalue weighted by molar-refractivity contribution is -0.384. The minimum Gasteiger partial charge on any atom is -0.350 e. The molecule has 1 N–H and O–H groups in total. The molecular formula is C18H18N4O4. The van der Waals surface area contributed by atoms with E-state index >= 15 is 0 Å². The van der Waals surface area contributed by atoms with Crippen LogP contribution in [0.15, 0.2) is 53.3 Å². The first kappa shape index (κ1) is 17.4. The highest BCUT2D eigenvalue weighted by Crippen LogP contribution is 2.13. The number of nitro benzene ring substituents is 1. The molecule has 3 aromatic rings. The average molecular weight is 354 g/mol. The number of hydrogen-bond donors (Lipinski definition) is 1. The van der Waals surface area contributed by atoms with Crippen LogP contribution in [0.3, 0.4) is 0 Å². The van der Waals surface area contributed by atoms with Gasteiger partial charge in [0.15, 0.2) is 0 Å². The summed E-state index contributed by atoms with van der Waals surface area (Å²) in [4.78, 5) is 35.0. The molecule has 8 heteroatoms. The third-order valence-electron chi connectivity index (χ3n) is 4.18. The van der Waals surface area contributed by atoms with E-state index in [-0.39, 0.29) is 30.4 Å². The number of nitro groups is 1. The zero-order valence-electron chi connectivity index (χ0n) is 14.2. The van der Waals surface area contributed by atoms with Crippen LogP contribution in [0.5, 0.6) is 0 Å². The van der Waals surface area contributed by atoms with E-state index in [4.69, 9.17) is 0 Å². The van der Waals surface area contributed by atoms with Crippen LogP contribution in [0.1, 0.15) is 12.5 Å². The number of imidazole rings is 1. The summed E-state index contributed by atoms with van der Waals surface area (Å²) in [5.41, 5.74) is 2.03. The minimum atomic E-state index is -0.474. The number of carbonyl (C=O) groups is 1. The molecule has 1 heterocycles. The zero-order chi connectivity index (χ0) is 18.7. The van der Waals surface area contributed by atoms with Crippen LogP contribution in [-0.2, 0) is 24.4 Å². The van der Waals surface area contributed by atoms with Gasteiger partial charge in [0, 0.05) is 25.2 Å². The number of benzene rings is 2. The van der Waals surface area contributed by atoms with Gasteiger partial charge < -0.3 is 5.32 Å². The third kappa shape index (κ3) is 3.34. The number of aryl methyl sites for hydroxylation is 1. The lowest BCUT2D eigenvalue weighted by Gasteiger charge is -2.06. The standard InChI is InChI=1S/C18H18N4O4/c1-2-20-15-5-3-4-6-16(15)21(18(20)24)12-17(23)19-11-13-7-9-14(10-8-13)22(25)26/h3-10H,2,11-12H2,1H3,(H,19,23). The molecule has 0 saturated heterocycles. The molecule has 8 nitrogen and oxygen atoms in total. The van der Waals surface area contributed by atoms with Crippen molar-refractivity contribution < 1.29 is 9.72 Å². The molecule has 0 bridgehead atoms. The van der Waals surface area contributed by atoms with Crippen LogP contribution in [0, 0.1) is 10.1 Å². The summed E-state index contributed by atoms with van der Waals surface area (Å²) in [7, 11) is 0. The van der Waals surface area contributed by atoms with E-state index in [0.29, 0.717) is 12.1 Å². The number of non-ortho nitro benzene ring substituents is 1. The zero-order valence-corrected chi connectivity index (χ0v) is 14.2. The van der Waals surface area contributed by atoms with E-state index in [2.05, 4.69) is 5.32 Å². The van der Waals surface area contributed by atoms with E-state index in [1.54, 1.807) is 16.7 Å². The van der Waals surface area contributed by atoms with E-state index in [1.807, 2.05) is 31.2 Å². The van der Waals surface area contributed by atoms with Crippen LogP contribution in [0.25, 0.3) is 11.0 Å². The highest BCUT2D eigenvalue weighted by molar-refractivity contribution is 5.80. The van der Waals surface area contributed by atoms with E-state index in [0.717, 1.165) is 11.1 Å². The van der Waals surface area contributed by atoms with Crippen molar-refractivity contribution in [3.63, 3.8) is 0 Å². The fourth-order valence-electron chi connectivity index (χ4n) is 2.87. The van der Waals surface area contributed by atoms with Gasteiger partial charge in [0.2, 0.25) is 5.91 Å². The first-order chi connectivity index (χ1) is 12.5. The normalized spacial score (nSPS) is 10.8. The smallest absolute Gasteiger partial charge is 0.329 e. The Kier molecular flexibility index (Phi) is 4.83. The molecule has 0 atom stereocenters. The first-order valence-corrected chi connectivity index (χ1v) is 8.19. The van der Waals surface area contributed by atoms with Crippen LogP contribution < -0.4 is 11.0 Å². The van der Waals surface area contributed by atoms with Crippen LogP contribution >= 0.6 is 0 Å². The molecule has 3 rings (SSSR count). The van der Waals surface area contributed by atoms with Crippen molar-refractivity contribution in [2.24, 2.45) is 0 Å². The Balaban J connectivity index is 1.72. The minimum absolute atomic E-state index is 0.000922. The molecule has 0 spiro atoms. The number of rotatable bonds is 6. The highest BCUT2D eigenvalue weighted by Gasteiger charge is 2.14. The van der Waals surface area contributed by atoms with Crippen LogP contribution in [0.2, 0.25) is 0 Å². The van der Waals surface area contributed by atoms with Gasteiger partial charge in [0.05, 0.1) is 16.0 Å². The second-order valence-electron chi connectivity index (χ2n) is 5.80. The quantitative estimate of drug-likeness (QED) is 0.541. The number of nitrogens with one attached hydrogen (secondary N) is 1. The first-order valence-electron chi connectivity index (χ1n) is 8.19. The van der Waals surface area contributed by atoms with Gasteiger partial charge in [-0.3, -0.25) is 24.0 Å². The Hall–Kier alpha value is -3.42. The van der Waals surface area contributed by atoms with Gasteiger partial charge in [-0.05, 0) is 24.6 Å². The Labute approximate surface area is 148 Å². The largest absolute Gasteiger partial charge is 0.350 e. The summed E-state index contributed by atoms with van der Waals surface area (Å²) in [6, 6.07) is 13.3. The molecule has 134 valence electrons. The molecule has 0 fully saturated rings. The Morgan fingerprint density at radius 3 is 2.27 bits per heavy atom. The molecular weight excluding hydrogens is 336 g/mol. The van der Waals surface area contributed by atoms with E-state index in [9.17, 15) is 19.7 Å². The number of hydrogen-bond acceptors (Lipinski definition) is 4. The maximum absolute atomic E-state index is 12.5. The van der Waals surface area contributed by atoms with Gasteiger partial charge in [-0.2, -0.15) is 0 Å². The topological polar surface area (TPSA) is 99.2 Å². The molecule has 0 aliphatic carbocycles. The molecule has 0 unspecified atom stereocenters. The van der Waals surface area contributed by atoms with Gasteiger partial charge in [-0.25, -0.2) is 4.79 Å². The molecule has 1 amide bonds. The second kappa shape index (κ2) is 7.22. The predicted molar refractivity (Wildman–Crippen MR) is 96.8 cm³/mol. The summed E-state index contributed by atoms with van der Waals surface area (Å²) in [5, 5.41) is 13.4. The molecule has 26 heavy (non-hydrogen) atoms. The Morgan fingerprint density at radius 1 is 1.08 bits per heavy atom. The fraction of sp³-hybridized carbons (Fsp3) is 0.222. The van der Waals surface area contributed by atoms with Crippen molar-refractivity contribution in [3.8, 4) is 0 Å². The van der Waals surface area contributed by atoms with Gasteiger partial charge in [0.25, 0.3) is 5.69 Å². The van der Waals surface area contributed by atoms with Crippen molar-refractivity contribution >= 4 is 22.6 Å². The third-order valence-corrected chi connectivity index (χ3v) is 4.18. The van der Waals surface area contributed by atoms with Crippen molar-refractivity contribution in [1.82, 2.24) is 14.5 Å². The lowest BCUT2D eigenvalue weighted by Crippen LogP contribution is -2.32. The Morgan fingerprint density at radius 2 is 1.69 bits per heavy atom. The lowest BCUT2D eigenvalue weighted by atomic mass is 10.2. The molecule has 0 saturated carbocycles. The second-order valence-corrected chi connectivity index (χ2v) is 5.80. The summed E-state index contributed by atoms with van der Waals surface area (Å²) < 4.78 is 3.07. The number of nitrogens with zero attached hydrogens (tertiary/aromatic N) is 3. The molecule has 1 aromatic heterocycles. The maximum atomic E-state index is 12.5. The molecule has 0 radical (unpaired) electrons. The van der Waals surface area contributed by atoms with Gasteiger partial charge in [0.1, 0.15) is 6.54 Å². The molecule has 0 aliphatic rings. The van der Waals surface area contributed by atoms with Crippen molar-refractivity contribution in [2.75, 3.05) is 0 Å². The SMILES string of the molecule is CCn1c(=O)n(CC(=O)NCc2ccc([N+](=O)[O-])cc2)c2ccccc21. The number of aromatic nitrogens is 2. The fourth-order valence-corrected chi connectivity index (χ4v) is 2.87. The summed E-state index contributed by atoms with van der Waals surface area (Å²) >= 11 is 0. The number of amides is 1. The van der Waals surface area contributed by atoms with Gasteiger partial charge >= 0.3 is 5.69 Å². The number of para-hydroxylation sites is 2. The molecule has 2 aromatic carbocycles. The average Bonchev–Trinajstić information content (AvgIpc) is 2.91. The number of carbonyl (C=O) groups excluding carboxylic acids is 1. The Bertz CT molecular complexity index is 1020. The monoisotopic (exact) mass is 354 g/mol. The summed E-state index contributed by atoms with van der Waals surface area (Å²) in [5.74, 6) is -0.301. The van der Waals surface area contributed by atoms with Gasteiger partial charge in [-0.15, -0.1) is 0 Å². The van der Waals surface area contributed by atoms with Crippen molar-refractivity contribution in [3.05, 3.63) is 74.7 Å². The summed E-state index contributed by atoms with van der Waals surface area (Å²) in [6.45, 7) is 2.56. The van der Waals surface area contributed by atoms with E-state index in [1.165, 1.54) is 16.7 Å². The number of fused-ring (bicyclic) bond motifs is 1. The highest BCUT2D eigenvalue weighted by atomic mass is 16.6. The maximum Gasteiger partial charge on any atom is 0.329 e.